The molecule has 0 aliphatic carbocycles. The Hall–Kier alpha value is -2.67. The van der Waals surface area contributed by atoms with Crippen molar-refractivity contribution < 1.29 is 15.0 Å². The molecule has 0 heterocycles. The highest BCUT2D eigenvalue weighted by Crippen LogP contribution is 2.32. The van der Waals surface area contributed by atoms with E-state index in [9.17, 15) is 15.0 Å². The first kappa shape index (κ1) is 20.1. The molecule has 0 bridgehead atoms. The van der Waals surface area contributed by atoms with Gasteiger partial charge in [-0.25, -0.2) is 5.43 Å². The van der Waals surface area contributed by atoms with E-state index >= 15 is 0 Å². The average Bonchev–Trinajstić information content (AvgIpc) is 2.72. The predicted octanol–water partition coefficient (Wildman–Crippen LogP) is 4.19. The van der Waals surface area contributed by atoms with Crippen molar-refractivity contribution in [3.8, 4) is 5.75 Å². The van der Waals surface area contributed by atoms with Crippen LogP contribution in [-0.2, 0) is 10.4 Å². The molecular weight excluding hydrogens is 444 g/mol. The maximum Gasteiger partial charge on any atom is 0.281 e. The van der Waals surface area contributed by atoms with Crippen LogP contribution in [0.2, 0.25) is 5.02 Å². The van der Waals surface area contributed by atoms with Crippen molar-refractivity contribution in [2.75, 3.05) is 0 Å². The number of rotatable bonds is 5. The van der Waals surface area contributed by atoms with E-state index in [1.165, 1.54) is 12.3 Å². The highest BCUT2D eigenvalue weighted by Gasteiger charge is 2.39. The van der Waals surface area contributed by atoms with E-state index in [0.29, 0.717) is 21.2 Å². The minimum atomic E-state index is -1.91. The van der Waals surface area contributed by atoms with Crippen molar-refractivity contribution >= 4 is 39.7 Å². The fourth-order valence-corrected chi connectivity index (χ4v) is 3.51. The molecule has 3 aromatic rings. The Morgan fingerprint density at radius 3 is 2.07 bits per heavy atom. The molecule has 0 radical (unpaired) electrons. The van der Waals surface area contributed by atoms with Gasteiger partial charge in [-0.3, -0.25) is 4.79 Å². The van der Waals surface area contributed by atoms with Crippen LogP contribution >= 0.6 is 27.5 Å². The van der Waals surface area contributed by atoms with Crippen LogP contribution in [0.1, 0.15) is 16.7 Å². The number of hydrogen-bond acceptors (Lipinski definition) is 4. The normalized spacial score (nSPS) is 11.5. The van der Waals surface area contributed by atoms with Gasteiger partial charge in [0.1, 0.15) is 5.75 Å². The molecule has 0 aliphatic heterocycles. The number of halogens is 2. The molecule has 0 saturated heterocycles. The van der Waals surface area contributed by atoms with Gasteiger partial charge in [-0.2, -0.15) is 5.10 Å². The summed E-state index contributed by atoms with van der Waals surface area (Å²) in [6.07, 6.45) is 1.37. The quantitative estimate of drug-likeness (QED) is 0.395. The zero-order chi connectivity index (χ0) is 20.1. The monoisotopic (exact) mass is 458 g/mol. The molecule has 0 aromatic heterocycles. The first-order chi connectivity index (χ1) is 13.4. The number of aromatic hydroxyl groups is 1. The molecular formula is C21H16BrClN2O3. The van der Waals surface area contributed by atoms with E-state index in [2.05, 4.69) is 26.5 Å². The van der Waals surface area contributed by atoms with E-state index < -0.39 is 11.5 Å². The Morgan fingerprint density at radius 1 is 1.04 bits per heavy atom. The molecule has 0 fully saturated rings. The van der Waals surface area contributed by atoms with Gasteiger partial charge in [-0.1, -0.05) is 72.3 Å². The van der Waals surface area contributed by atoms with Gasteiger partial charge < -0.3 is 10.2 Å². The van der Waals surface area contributed by atoms with Crippen LogP contribution in [0, 0.1) is 0 Å². The van der Waals surface area contributed by atoms with Crippen molar-refractivity contribution in [1.29, 1.82) is 0 Å². The van der Waals surface area contributed by atoms with Gasteiger partial charge in [0.15, 0.2) is 5.60 Å². The SMILES string of the molecule is O=C(N/N=C/c1cc(Cl)c(O)c(Br)c1)C(O)(c1ccccc1)c1ccccc1. The van der Waals surface area contributed by atoms with Crippen LogP contribution in [-0.4, -0.2) is 22.3 Å². The number of aliphatic hydroxyl groups is 1. The minimum Gasteiger partial charge on any atom is -0.505 e. The van der Waals surface area contributed by atoms with Crippen LogP contribution < -0.4 is 5.43 Å². The molecule has 1 amide bonds. The standard InChI is InChI=1S/C21H16BrClN2O3/c22-17-11-14(12-18(23)19(17)26)13-24-25-20(27)21(28,15-7-3-1-4-8-15)16-9-5-2-6-10-16/h1-13,26,28H,(H,25,27)/b24-13+. The predicted molar refractivity (Wildman–Crippen MR) is 112 cm³/mol. The van der Waals surface area contributed by atoms with Gasteiger partial charge in [0.05, 0.1) is 15.7 Å². The second-order valence-corrected chi connectivity index (χ2v) is 7.24. The summed E-state index contributed by atoms with van der Waals surface area (Å²) in [6, 6.07) is 20.4. The first-order valence-corrected chi connectivity index (χ1v) is 9.45. The van der Waals surface area contributed by atoms with Crippen LogP contribution in [0.4, 0.5) is 0 Å². The van der Waals surface area contributed by atoms with Gasteiger partial charge in [0.2, 0.25) is 0 Å². The average molecular weight is 460 g/mol. The van der Waals surface area contributed by atoms with Gasteiger partial charge >= 0.3 is 0 Å². The third kappa shape index (κ3) is 4.09. The number of hydrogen-bond donors (Lipinski definition) is 3. The van der Waals surface area contributed by atoms with Crippen molar-refractivity contribution in [2.24, 2.45) is 5.10 Å². The topological polar surface area (TPSA) is 81.9 Å². The van der Waals surface area contributed by atoms with E-state index in [0.717, 1.165) is 0 Å². The highest BCUT2D eigenvalue weighted by molar-refractivity contribution is 9.10. The molecule has 0 saturated carbocycles. The lowest BCUT2D eigenvalue weighted by atomic mass is 9.85. The summed E-state index contributed by atoms with van der Waals surface area (Å²) in [4.78, 5) is 12.9. The van der Waals surface area contributed by atoms with Crippen molar-refractivity contribution in [3.05, 3.63) is 99.0 Å². The number of nitrogens with one attached hydrogen (secondary N) is 1. The van der Waals surface area contributed by atoms with Crippen LogP contribution in [0.3, 0.4) is 0 Å². The fraction of sp³-hybridized carbons (Fsp3) is 0.0476. The Labute approximate surface area is 175 Å². The maximum absolute atomic E-state index is 12.9. The Morgan fingerprint density at radius 2 is 1.57 bits per heavy atom. The number of benzene rings is 3. The second kappa shape index (κ2) is 8.56. The molecule has 0 atom stereocenters. The maximum atomic E-state index is 12.9. The Balaban J connectivity index is 1.89. The van der Waals surface area contributed by atoms with Crippen LogP contribution in [0.15, 0.2) is 82.4 Å². The summed E-state index contributed by atoms with van der Waals surface area (Å²) >= 11 is 9.11. The van der Waals surface area contributed by atoms with Crippen molar-refractivity contribution in [3.63, 3.8) is 0 Å². The molecule has 5 nitrogen and oxygen atoms in total. The lowest BCUT2D eigenvalue weighted by Crippen LogP contribution is -2.43. The zero-order valence-electron chi connectivity index (χ0n) is 14.5. The molecule has 28 heavy (non-hydrogen) atoms. The molecule has 3 N–H and O–H groups in total. The number of amides is 1. The molecule has 0 aliphatic rings. The summed E-state index contributed by atoms with van der Waals surface area (Å²) in [6.45, 7) is 0. The van der Waals surface area contributed by atoms with E-state index in [1.807, 2.05) is 0 Å². The summed E-state index contributed by atoms with van der Waals surface area (Å²) in [5.74, 6) is -0.782. The van der Waals surface area contributed by atoms with Gasteiger partial charge in [-0.15, -0.1) is 0 Å². The van der Waals surface area contributed by atoms with E-state index in [-0.39, 0.29) is 10.8 Å². The summed E-state index contributed by atoms with van der Waals surface area (Å²) in [5, 5.41) is 25.0. The third-order valence-electron chi connectivity index (χ3n) is 4.13. The van der Waals surface area contributed by atoms with E-state index in [1.54, 1.807) is 66.7 Å². The summed E-state index contributed by atoms with van der Waals surface area (Å²) < 4.78 is 0.401. The van der Waals surface area contributed by atoms with E-state index in [4.69, 9.17) is 11.6 Å². The number of hydrazone groups is 1. The molecule has 0 spiro atoms. The number of nitrogens with zero attached hydrogens (tertiary/aromatic N) is 1. The molecule has 7 heteroatoms. The lowest BCUT2D eigenvalue weighted by Gasteiger charge is -2.27. The number of carbonyl (C=O) groups excluding carboxylic acids is 1. The number of phenols is 1. The van der Waals surface area contributed by atoms with Crippen LogP contribution in [0.25, 0.3) is 0 Å². The molecule has 3 aromatic carbocycles. The summed E-state index contributed by atoms with van der Waals surface area (Å²) in [5.41, 5.74) is 1.87. The molecule has 0 unspecified atom stereocenters. The van der Waals surface area contributed by atoms with Crippen molar-refractivity contribution in [2.45, 2.75) is 5.60 Å². The second-order valence-electron chi connectivity index (χ2n) is 5.97. The largest absolute Gasteiger partial charge is 0.505 e. The third-order valence-corrected chi connectivity index (χ3v) is 5.02. The number of phenolic OH excluding ortho intramolecular Hbond substituents is 1. The first-order valence-electron chi connectivity index (χ1n) is 8.28. The highest BCUT2D eigenvalue weighted by atomic mass is 79.9. The zero-order valence-corrected chi connectivity index (χ0v) is 16.9. The van der Waals surface area contributed by atoms with Gasteiger partial charge in [0.25, 0.3) is 5.91 Å². The number of carbonyl (C=O) groups is 1. The fourth-order valence-electron chi connectivity index (χ4n) is 2.69. The van der Waals surface area contributed by atoms with Crippen LogP contribution in [0.5, 0.6) is 5.75 Å². The van der Waals surface area contributed by atoms with Gasteiger partial charge in [0, 0.05) is 0 Å². The summed E-state index contributed by atoms with van der Waals surface area (Å²) in [7, 11) is 0. The van der Waals surface area contributed by atoms with Gasteiger partial charge in [-0.05, 0) is 44.8 Å². The smallest absolute Gasteiger partial charge is 0.281 e. The lowest BCUT2D eigenvalue weighted by molar-refractivity contribution is -0.136. The van der Waals surface area contributed by atoms with Crippen molar-refractivity contribution in [1.82, 2.24) is 5.43 Å². The molecule has 142 valence electrons. The molecule has 3 rings (SSSR count). The minimum absolute atomic E-state index is 0.0783. The Bertz CT molecular complexity index is 948. The Kier molecular flexibility index (Phi) is 6.14.